The number of carboxylic acid groups (broad SMARTS) is 1. The molecule has 0 aromatic heterocycles. The quantitative estimate of drug-likeness (QED) is 0.848. The first-order chi connectivity index (χ1) is 9.90. The molecule has 1 N–H and O–H groups in total. The summed E-state index contributed by atoms with van der Waals surface area (Å²) in [7, 11) is 0. The largest absolute Gasteiger partial charge is 0.480 e. The van der Waals surface area contributed by atoms with Crippen molar-refractivity contribution in [1.82, 2.24) is 4.90 Å². The average molecular weight is 301 g/mol. The molecule has 1 aliphatic heterocycles. The Labute approximate surface area is 121 Å². The SMILES string of the molecule is CCCC1(C(=O)O)CCCN1Cc1cc(F)c(F)c(F)c1. The second-order valence-corrected chi connectivity index (χ2v) is 5.49. The second-order valence-electron chi connectivity index (χ2n) is 5.49. The molecule has 0 aliphatic carbocycles. The van der Waals surface area contributed by atoms with Crippen LogP contribution < -0.4 is 0 Å². The van der Waals surface area contributed by atoms with Crippen molar-refractivity contribution in [2.75, 3.05) is 6.54 Å². The van der Waals surface area contributed by atoms with Gasteiger partial charge in [0.25, 0.3) is 0 Å². The lowest BCUT2D eigenvalue weighted by Crippen LogP contribution is -2.50. The number of rotatable bonds is 5. The summed E-state index contributed by atoms with van der Waals surface area (Å²) in [5.41, 5.74) is -0.745. The van der Waals surface area contributed by atoms with Crippen molar-refractivity contribution in [3.8, 4) is 0 Å². The number of carboxylic acids is 1. The highest BCUT2D eigenvalue weighted by molar-refractivity contribution is 5.79. The van der Waals surface area contributed by atoms with E-state index in [1.165, 1.54) is 0 Å². The predicted molar refractivity (Wildman–Crippen MR) is 71.2 cm³/mol. The van der Waals surface area contributed by atoms with Gasteiger partial charge in [0.05, 0.1) is 0 Å². The van der Waals surface area contributed by atoms with Crippen molar-refractivity contribution in [2.24, 2.45) is 0 Å². The summed E-state index contributed by atoms with van der Waals surface area (Å²) < 4.78 is 39.5. The molecule has 1 aromatic rings. The van der Waals surface area contributed by atoms with Crippen LogP contribution in [0.2, 0.25) is 0 Å². The van der Waals surface area contributed by atoms with E-state index >= 15 is 0 Å². The molecule has 116 valence electrons. The maximum absolute atomic E-state index is 13.3. The molecular weight excluding hydrogens is 283 g/mol. The molecule has 1 aliphatic rings. The van der Waals surface area contributed by atoms with Gasteiger partial charge >= 0.3 is 5.97 Å². The fourth-order valence-corrected chi connectivity index (χ4v) is 3.13. The summed E-state index contributed by atoms with van der Waals surface area (Å²) in [5.74, 6) is -4.91. The number of carbonyl (C=O) groups is 1. The Hall–Kier alpha value is -1.56. The third-order valence-corrected chi connectivity index (χ3v) is 4.10. The molecule has 0 radical (unpaired) electrons. The lowest BCUT2D eigenvalue weighted by atomic mass is 9.90. The lowest BCUT2D eigenvalue weighted by Gasteiger charge is -2.34. The van der Waals surface area contributed by atoms with Gasteiger partial charge in [0.2, 0.25) is 0 Å². The molecule has 1 saturated heterocycles. The average Bonchev–Trinajstić information content (AvgIpc) is 2.80. The molecule has 0 spiro atoms. The first-order valence-electron chi connectivity index (χ1n) is 7.02. The molecule has 0 saturated carbocycles. The molecule has 1 unspecified atom stereocenters. The van der Waals surface area contributed by atoms with Crippen LogP contribution in [-0.2, 0) is 11.3 Å². The normalized spacial score (nSPS) is 22.7. The zero-order valence-electron chi connectivity index (χ0n) is 11.8. The Morgan fingerprint density at radius 3 is 2.48 bits per heavy atom. The Morgan fingerprint density at radius 1 is 1.33 bits per heavy atom. The zero-order chi connectivity index (χ0) is 15.6. The van der Waals surface area contributed by atoms with Gasteiger partial charge in [0, 0.05) is 6.54 Å². The van der Waals surface area contributed by atoms with Crippen LogP contribution in [0.5, 0.6) is 0 Å². The number of likely N-dealkylation sites (tertiary alicyclic amines) is 1. The molecule has 2 rings (SSSR count). The lowest BCUT2D eigenvalue weighted by molar-refractivity contribution is -0.150. The van der Waals surface area contributed by atoms with Gasteiger partial charge in [-0.1, -0.05) is 13.3 Å². The fraction of sp³-hybridized carbons (Fsp3) is 0.533. The van der Waals surface area contributed by atoms with Crippen molar-refractivity contribution >= 4 is 5.97 Å². The molecule has 6 heteroatoms. The van der Waals surface area contributed by atoms with Crippen molar-refractivity contribution < 1.29 is 23.1 Å². The van der Waals surface area contributed by atoms with E-state index in [1.54, 1.807) is 4.90 Å². The highest BCUT2D eigenvalue weighted by Crippen LogP contribution is 2.35. The van der Waals surface area contributed by atoms with E-state index in [4.69, 9.17) is 0 Å². The van der Waals surface area contributed by atoms with Crippen molar-refractivity contribution in [1.29, 1.82) is 0 Å². The third-order valence-electron chi connectivity index (χ3n) is 4.10. The Kier molecular flexibility index (Phi) is 4.56. The number of benzene rings is 1. The summed E-state index contributed by atoms with van der Waals surface area (Å²) in [6.45, 7) is 2.55. The van der Waals surface area contributed by atoms with Gasteiger partial charge in [-0.25, -0.2) is 13.2 Å². The van der Waals surface area contributed by atoms with E-state index in [1.807, 2.05) is 6.92 Å². The number of hydrogen-bond acceptors (Lipinski definition) is 2. The monoisotopic (exact) mass is 301 g/mol. The van der Waals surface area contributed by atoms with E-state index in [9.17, 15) is 23.1 Å². The summed E-state index contributed by atoms with van der Waals surface area (Å²) in [6.07, 6.45) is 2.42. The van der Waals surface area contributed by atoms with Gasteiger partial charge in [-0.2, -0.15) is 0 Å². The molecule has 1 aromatic carbocycles. The number of hydrogen-bond donors (Lipinski definition) is 1. The molecular formula is C15H18F3NO2. The molecule has 1 atom stereocenters. The Morgan fingerprint density at radius 2 is 1.95 bits per heavy atom. The minimum absolute atomic E-state index is 0.0976. The number of nitrogens with zero attached hydrogens (tertiary/aromatic N) is 1. The first-order valence-corrected chi connectivity index (χ1v) is 7.02. The van der Waals surface area contributed by atoms with Crippen LogP contribution in [0.1, 0.15) is 38.2 Å². The Balaban J connectivity index is 2.27. The molecule has 21 heavy (non-hydrogen) atoms. The van der Waals surface area contributed by atoms with Gasteiger partial charge in [-0.05, 0) is 43.5 Å². The van der Waals surface area contributed by atoms with E-state index in [2.05, 4.69) is 0 Å². The van der Waals surface area contributed by atoms with E-state index in [0.29, 0.717) is 25.8 Å². The maximum atomic E-state index is 13.3. The highest BCUT2D eigenvalue weighted by Gasteiger charge is 2.46. The summed E-state index contributed by atoms with van der Waals surface area (Å²) in [5, 5.41) is 9.55. The highest BCUT2D eigenvalue weighted by atomic mass is 19.2. The van der Waals surface area contributed by atoms with Crippen molar-refractivity contribution in [3.05, 3.63) is 35.1 Å². The van der Waals surface area contributed by atoms with Crippen LogP contribution in [0.3, 0.4) is 0 Å². The van der Waals surface area contributed by atoms with Gasteiger partial charge in [0.15, 0.2) is 17.5 Å². The minimum atomic E-state index is -1.50. The van der Waals surface area contributed by atoms with E-state index in [-0.39, 0.29) is 12.1 Å². The smallest absolute Gasteiger partial charge is 0.324 e. The first kappa shape index (κ1) is 15.8. The van der Waals surface area contributed by atoms with Gasteiger partial charge in [-0.3, -0.25) is 9.69 Å². The van der Waals surface area contributed by atoms with Crippen LogP contribution in [-0.4, -0.2) is 28.1 Å². The molecule has 1 heterocycles. The molecule has 0 bridgehead atoms. The van der Waals surface area contributed by atoms with E-state index < -0.39 is 29.0 Å². The maximum Gasteiger partial charge on any atom is 0.324 e. The number of halogens is 3. The summed E-state index contributed by atoms with van der Waals surface area (Å²) >= 11 is 0. The number of aliphatic carboxylic acids is 1. The topological polar surface area (TPSA) is 40.5 Å². The summed E-state index contributed by atoms with van der Waals surface area (Å²) in [6, 6.07) is 1.85. The third kappa shape index (κ3) is 2.90. The van der Waals surface area contributed by atoms with Crippen molar-refractivity contribution in [3.63, 3.8) is 0 Å². The fourth-order valence-electron chi connectivity index (χ4n) is 3.13. The van der Waals surface area contributed by atoms with Gasteiger partial charge in [-0.15, -0.1) is 0 Å². The minimum Gasteiger partial charge on any atom is -0.480 e. The molecule has 3 nitrogen and oxygen atoms in total. The van der Waals surface area contributed by atoms with Crippen LogP contribution in [0.4, 0.5) is 13.2 Å². The predicted octanol–water partition coefficient (Wildman–Crippen LogP) is 3.32. The zero-order valence-corrected chi connectivity index (χ0v) is 11.8. The van der Waals surface area contributed by atoms with Crippen LogP contribution in [0.25, 0.3) is 0 Å². The van der Waals surface area contributed by atoms with Crippen LogP contribution in [0, 0.1) is 17.5 Å². The van der Waals surface area contributed by atoms with Crippen molar-refractivity contribution in [2.45, 2.75) is 44.7 Å². The van der Waals surface area contributed by atoms with Crippen LogP contribution in [0.15, 0.2) is 12.1 Å². The molecule has 0 amide bonds. The Bertz CT molecular complexity index is 527. The van der Waals surface area contributed by atoms with Gasteiger partial charge < -0.3 is 5.11 Å². The van der Waals surface area contributed by atoms with Crippen LogP contribution >= 0.6 is 0 Å². The summed E-state index contributed by atoms with van der Waals surface area (Å²) in [4.78, 5) is 13.4. The molecule has 1 fully saturated rings. The van der Waals surface area contributed by atoms with E-state index in [0.717, 1.165) is 18.6 Å². The second kappa shape index (κ2) is 6.05. The standard InChI is InChI=1S/C15H18F3NO2/c1-2-4-15(14(20)21)5-3-6-19(15)9-10-7-11(16)13(18)12(17)8-10/h7-8H,2-6,9H2,1H3,(H,20,21). The van der Waals surface area contributed by atoms with Gasteiger partial charge in [0.1, 0.15) is 5.54 Å².